The molecule has 0 spiro atoms. The molecule has 4 saturated carbocycles. The maximum Gasteiger partial charge on any atom is 0.159 e. The highest BCUT2D eigenvalue weighted by molar-refractivity contribution is 5.31. The van der Waals surface area contributed by atoms with Crippen molar-refractivity contribution in [1.29, 1.82) is 0 Å². The molecule has 6 fully saturated rings. The van der Waals surface area contributed by atoms with Crippen LogP contribution in [0.25, 0.3) is 0 Å². The van der Waals surface area contributed by atoms with Gasteiger partial charge in [-0.25, -0.2) is 0 Å². The number of aliphatic hydroxyl groups excluding tert-OH is 1. The highest BCUT2D eigenvalue weighted by Gasteiger charge is 2.40. The van der Waals surface area contributed by atoms with Crippen molar-refractivity contribution in [2.24, 2.45) is 41.4 Å². The highest BCUT2D eigenvalue weighted by atomic mass is 16.7. The van der Waals surface area contributed by atoms with Crippen LogP contribution in [0, 0.1) is 65.1 Å². The lowest BCUT2D eigenvalue weighted by Gasteiger charge is -2.42. The summed E-state index contributed by atoms with van der Waals surface area (Å²) in [4.78, 5) is 0. The molecule has 0 aromatic rings. The Morgan fingerprint density at radius 3 is 1.56 bits per heavy atom. The van der Waals surface area contributed by atoms with Gasteiger partial charge in [-0.1, -0.05) is 77.1 Å². The molecule has 0 aromatic heterocycles. The summed E-state index contributed by atoms with van der Waals surface area (Å²) >= 11 is 0. The van der Waals surface area contributed by atoms with Gasteiger partial charge in [-0.15, -0.1) is 0 Å². The van der Waals surface area contributed by atoms with E-state index >= 15 is 0 Å². The minimum absolute atomic E-state index is 0.0700. The van der Waals surface area contributed by atoms with Crippen molar-refractivity contribution >= 4 is 0 Å². The summed E-state index contributed by atoms with van der Waals surface area (Å²) in [5.74, 6) is 20.2. The van der Waals surface area contributed by atoms with E-state index in [1.165, 1.54) is 122 Å². The lowest BCUT2D eigenvalue weighted by molar-refractivity contribution is -0.217. The van der Waals surface area contributed by atoms with E-state index in [4.69, 9.17) is 19.3 Å². The molecule has 1 N–H and O–H groups in total. The number of hydrogen-bond acceptors (Lipinski definition) is 4. The lowest BCUT2D eigenvalue weighted by atomic mass is 9.67. The Kier molecular flexibility index (Phi) is 16.5. The lowest BCUT2D eigenvalue weighted by Crippen LogP contribution is -2.42. The molecule has 0 aromatic carbocycles. The molecule has 4 aliphatic carbocycles. The molecule has 2 heterocycles. The van der Waals surface area contributed by atoms with Crippen molar-refractivity contribution in [1.82, 2.24) is 0 Å². The molecule has 2 unspecified atom stereocenters. The molecule has 2 saturated heterocycles. The number of ether oxygens (including phenoxy) is 3. The normalized spacial score (nSPS) is 39.0. The molecule has 48 heavy (non-hydrogen) atoms. The summed E-state index contributed by atoms with van der Waals surface area (Å²) in [5.41, 5.74) is -0.346. The van der Waals surface area contributed by atoms with Gasteiger partial charge in [-0.3, -0.25) is 0 Å². The van der Waals surface area contributed by atoms with E-state index in [2.05, 4.69) is 37.5 Å². The predicted octanol–water partition coefficient (Wildman–Crippen LogP) is 11.0. The summed E-state index contributed by atoms with van der Waals surface area (Å²) in [7, 11) is 0. The van der Waals surface area contributed by atoms with Gasteiger partial charge in [0.2, 0.25) is 0 Å². The summed E-state index contributed by atoms with van der Waals surface area (Å²) in [5, 5.41) is 8.69. The first kappa shape index (κ1) is 38.2. The summed E-state index contributed by atoms with van der Waals surface area (Å²) in [6.45, 7) is 6.27. The molecule has 0 amide bonds. The molecular formula is C44H72O4. The van der Waals surface area contributed by atoms with Crippen molar-refractivity contribution < 1.29 is 19.3 Å². The first-order valence-corrected chi connectivity index (χ1v) is 21.2. The maximum atomic E-state index is 8.69. The van der Waals surface area contributed by atoms with Crippen molar-refractivity contribution in [2.75, 3.05) is 13.2 Å². The van der Waals surface area contributed by atoms with Crippen molar-refractivity contribution in [3.05, 3.63) is 0 Å². The zero-order chi connectivity index (χ0) is 33.4. The van der Waals surface area contributed by atoms with Gasteiger partial charge in [-0.05, 0) is 163 Å². The number of aliphatic hydroxyl groups is 1. The number of rotatable bonds is 8. The van der Waals surface area contributed by atoms with Crippen LogP contribution in [0.15, 0.2) is 0 Å². The monoisotopic (exact) mass is 665 g/mol. The first-order valence-electron chi connectivity index (χ1n) is 21.2. The fourth-order valence-corrected chi connectivity index (χ4v) is 10.4. The van der Waals surface area contributed by atoms with E-state index in [1.54, 1.807) is 0 Å². The van der Waals surface area contributed by atoms with E-state index in [-0.39, 0.29) is 11.9 Å². The van der Waals surface area contributed by atoms with Crippen LogP contribution in [0.5, 0.6) is 0 Å². The topological polar surface area (TPSA) is 47.9 Å². The van der Waals surface area contributed by atoms with Crippen molar-refractivity contribution in [3.8, 4) is 23.7 Å². The molecular weight excluding hydrogens is 592 g/mol. The third-order valence-electron chi connectivity index (χ3n) is 13.4. The van der Waals surface area contributed by atoms with Gasteiger partial charge < -0.3 is 19.3 Å². The van der Waals surface area contributed by atoms with E-state index in [9.17, 15) is 0 Å². The third-order valence-corrected chi connectivity index (χ3v) is 13.4. The van der Waals surface area contributed by atoms with Crippen LogP contribution >= 0.6 is 0 Å². The van der Waals surface area contributed by atoms with Crippen LogP contribution in [0.3, 0.4) is 0 Å². The van der Waals surface area contributed by atoms with Crippen LogP contribution in [0.1, 0.15) is 181 Å². The molecule has 2 aliphatic heterocycles. The van der Waals surface area contributed by atoms with Crippen LogP contribution in [-0.4, -0.2) is 36.5 Å². The Morgan fingerprint density at radius 1 is 0.583 bits per heavy atom. The van der Waals surface area contributed by atoms with Crippen LogP contribution in [0.4, 0.5) is 0 Å². The minimum atomic E-state index is -0.464. The second-order valence-corrected chi connectivity index (χ2v) is 16.8. The van der Waals surface area contributed by atoms with Crippen LogP contribution < -0.4 is 0 Å². The van der Waals surface area contributed by atoms with E-state index in [0.717, 1.165) is 93.7 Å². The third kappa shape index (κ3) is 12.3. The molecule has 4 heteroatoms. The van der Waals surface area contributed by atoms with E-state index in [1.807, 2.05) is 0 Å². The Labute approximate surface area is 296 Å². The quantitative estimate of drug-likeness (QED) is 0.262. The van der Waals surface area contributed by atoms with Gasteiger partial charge in [0.25, 0.3) is 0 Å². The molecule has 0 radical (unpaired) electrons. The molecule has 272 valence electrons. The molecule has 6 aliphatic rings. The fourth-order valence-electron chi connectivity index (χ4n) is 10.4. The Hall–Kier alpha value is -1.04. The Morgan fingerprint density at radius 2 is 1.10 bits per heavy atom. The molecule has 6 rings (SSSR count). The second-order valence-electron chi connectivity index (χ2n) is 16.8. The molecule has 2 atom stereocenters. The van der Waals surface area contributed by atoms with Gasteiger partial charge in [0.1, 0.15) is 5.60 Å². The first-order chi connectivity index (χ1) is 23.6. The second kappa shape index (κ2) is 20.7. The highest BCUT2D eigenvalue weighted by Crippen LogP contribution is 2.45. The molecule has 4 nitrogen and oxygen atoms in total. The van der Waals surface area contributed by atoms with Gasteiger partial charge in [0.15, 0.2) is 12.6 Å². The Balaban J connectivity index is 0.000000572. The minimum Gasteiger partial charge on any atom is -0.368 e. The van der Waals surface area contributed by atoms with Crippen molar-refractivity contribution in [2.45, 2.75) is 199 Å². The van der Waals surface area contributed by atoms with Gasteiger partial charge >= 0.3 is 0 Å². The summed E-state index contributed by atoms with van der Waals surface area (Å²) in [6.07, 6.45) is 33.3. The average Bonchev–Trinajstić information content (AvgIpc) is 3.13. The summed E-state index contributed by atoms with van der Waals surface area (Å²) < 4.78 is 17.6. The maximum absolute atomic E-state index is 8.69. The Bertz CT molecular complexity index is 988. The summed E-state index contributed by atoms with van der Waals surface area (Å²) in [6, 6.07) is 0. The van der Waals surface area contributed by atoms with Crippen molar-refractivity contribution in [3.63, 3.8) is 0 Å². The van der Waals surface area contributed by atoms with Gasteiger partial charge in [0.05, 0.1) is 0 Å². The fraction of sp³-hybridized carbons (Fsp3) is 0.909. The smallest absolute Gasteiger partial charge is 0.159 e. The van der Waals surface area contributed by atoms with Crippen LogP contribution in [0.2, 0.25) is 0 Å². The standard InChI is InChI=1S/C39H62O2.C5H10O2/c1-3-9-31-13-19-34(20-14-31)35-23-17-33(18-24-35)11-5-7-27-39(41-38-12-6-8-30-40-38)28-25-37(26-29-39)36-21-15-32(10-4-2)16-22-36;6-5-3-1-2-4-7-5/h31-38H,3-4,6,8-10,12-26,28-30H2,1-2H3;5-6H,1-4H2. The predicted molar refractivity (Wildman–Crippen MR) is 197 cm³/mol. The van der Waals surface area contributed by atoms with Gasteiger partial charge in [0, 0.05) is 19.1 Å². The molecule has 0 bridgehead atoms. The zero-order valence-corrected chi connectivity index (χ0v) is 31.2. The van der Waals surface area contributed by atoms with E-state index in [0.29, 0.717) is 5.92 Å². The van der Waals surface area contributed by atoms with E-state index < -0.39 is 6.29 Å². The zero-order valence-electron chi connectivity index (χ0n) is 31.2. The largest absolute Gasteiger partial charge is 0.368 e. The number of hydrogen-bond donors (Lipinski definition) is 1. The average molecular weight is 665 g/mol. The SMILES string of the molecule is CCCC1CCC(C2CCC(C#CC#CC3(OC4CCCCO4)CCC(C4CCC(CCC)CC4)CC3)CC2)CC1.OC1CCCCO1. The van der Waals surface area contributed by atoms with Crippen LogP contribution in [-0.2, 0) is 14.2 Å². The van der Waals surface area contributed by atoms with Gasteiger partial charge in [-0.2, -0.15) is 0 Å².